The van der Waals surface area contributed by atoms with Crippen molar-refractivity contribution in [1.29, 1.82) is 0 Å². The molecule has 3 atom stereocenters. The molecule has 0 radical (unpaired) electrons. The minimum absolute atomic E-state index is 0.0691. The number of esters is 1. The van der Waals surface area contributed by atoms with Gasteiger partial charge in [0.1, 0.15) is 6.10 Å². The van der Waals surface area contributed by atoms with Crippen molar-refractivity contribution in [3.63, 3.8) is 0 Å². The maximum atomic E-state index is 12.4. The van der Waals surface area contributed by atoms with Crippen LogP contribution in [-0.4, -0.2) is 36.1 Å². The minimum atomic E-state index is -0.155. The number of ether oxygens (including phenoxy) is 1. The van der Waals surface area contributed by atoms with E-state index in [9.17, 15) is 4.79 Å². The van der Waals surface area contributed by atoms with E-state index in [0.29, 0.717) is 0 Å². The third-order valence-corrected chi connectivity index (χ3v) is 7.01. The number of hydrogen-bond donors (Lipinski definition) is 0. The second-order valence-electron chi connectivity index (χ2n) is 8.89. The van der Waals surface area contributed by atoms with Crippen molar-refractivity contribution in [1.82, 2.24) is 4.90 Å². The van der Waals surface area contributed by atoms with E-state index >= 15 is 0 Å². The average molecular weight is 332 g/mol. The van der Waals surface area contributed by atoms with Gasteiger partial charge in [0.2, 0.25) is 0 Å². The maximum Gasteiger partial charge on any atom is 0.312 e. The molecule has 134 valence electrons. The highest BCUT2D eigenvalue weighted by molar-refractivity contribution is 5.79. The Hall–Kier alpha value is -0.830. The molecule has 2 fully saturated rings. The van der Waals surface area contributed by atoms with Crippen LogP contribution in [0, 0.1) is 11.3 Å². The fourth-order valence-corrected chi connectivity index (χ4v) is 5.21. The Bertz CT molecular complexity index is 532. The summed E-state index contributed by atoms with van der Waals surface area (Å²) in [6.45, 7) is 6.90. The molecule has 1 saturated carbocycles. The van der Waals surface area contributed by atoms with Gasteiger partial charge in [-0.15, -0.1) is 0 Å². The lowest BCUT2D eigenvalue weighted by Gasteiger charge is -2.47. The van der Waals surface area contributed by atoms with E-state index in [1.807, 2.05) is 0 Å². The van der Waals surface area contributed by atoms with E-state index in [4.69, 9.17) is 4.74 Å². The molecule has 0 bridgehead atoms. The molecule has 0 amide bonds. The summed E-state index contributed by atoms with van der Waals surface area (Å²) < 4.78 is 6.03. The molecule has 24 heavy (non-hydrogen) atoms. The summed E-state index contributed by atoms with van der Waals surface area (Å²) in [4.78, 5) is 15.2. The van der Waals surface area contributed by atoms with Crippen molar-refractivity contribution in [3.05, 3.63) is 11.1 Å². The molecule has 3 heteroatoms. The Labute approximate surface area is 146 Å². The van der Waals surface area contributed by atoms with Gasteiger partial charge < -0.3 is 4.74 Å². The summed E-state index contributed by atoms with van der Waals surface area (Å²) in [5.41, 5.74) is 3.01. The number of carbonyl (C=O) groups excluding carboxylic acids is 1. The normalized spacial score (nSPS) is 35.2. The topological polar surface area (TPSA) is 29.5 Å². The van der Waals surface area contributed by atoms with Gasteiger partial charge in [0.25, 0.3) is 0 Å². The highest BCUT2D eigenvalue weighted by atomic mass is 16.5. The summed E-state index contributed by atoms with van der Waals surface area (Å²) in [5, 5.41) is 0. The van der Waals surface area contributed by atoms with Gasteiger partial charge in [-0.2, -0.15) is 0 Å². The number of hydrogen-bond acceptors (Lipinski definition) is 3. The van der Waals surface area contributed by atoms with Crippen LogP contribution < -0.4 is 0 Å². The van der Waals surface area contributed by atoms with Crippen molar-refractivity contribution < 1.29 is 9.53 Å². The second kappa shape index (κ2) is 6.48. The predicted molar refractivity (Wildman–Crippen MR) is 95.7 cm³/mol. The summed E-state index contributed by atoms with van der Waals surface area (Å²) in [6.07, 6.45) is 12.0. The molecule has 0 N–H and O–H groups in total. The minimum Gasteiger partial charge on any atom is -0.457 e. The quantitative estimate of drug-likeness (QED) is 0.562. The lowest BCUT2D eigenvalue weighted by Crippen LogP contribution is -2.48. The van der Waals surface area contributed by atoms with E-state index in [0.717, 1.165) is 31.2 Å². The first-order valence-electron chi connectivity index (χ1n) is 10.3. The van der Waals surface area contributed by atoms with Gasteiger partial charge in [-0.1, -0.05) is 12.5 Å². The molecule has 1 heterocycles. The number of fused-ring (bicyclic) bond motifs is 1. The number of carbonyl (C=O) groups is 1. The number of nitrogens with zero attached hydrogens (tertiary/aromatic N) is 1. The molecule has 4 rings (SSSR count). The summed E-state index contributed by atoms with van der Waals surface area (Å²) in [5.74, 6) is 0.861. The molecule has 0 aromatic carbocycles. The molecule has 0 aromatic rings. The van der Waals surface area contributed by atoms with E-state index in [1.165, 1.54) is 63.6 Å². The molecular formula is C21H33NO2. The van der Waals surface area contributed by atoms with Crippen molar-refractivity contribution in [2.24, 2.45) is 11.3 Å². The molecule has 4 aliphatic rings. The van der Waals surface area contributed by atoms with Crippen molar-refractivity contribution in [2.45, 2.75) is 90.2 Å². The summed E-state index contributed by atoms with van der Waals surface area (Å²) in [6, 6.07) is 0.757. The Morgan fingerprint density at radius 1 is 1.25 bits per heavy atom. The zero-order valence-electron chi connectivity index (χ0n) is 15.5. The van der Waals surface area contributed by atoms with E-state index in [1.54, 1.807) is 5.57 Å². The Morgan fingerprint density at radius 2 is 2.08 bits per heavy atom. The Balaban J connectivity index is 1.50. The highest BCUT2D eigenvalue weighted by Crippen LogP contribution is 2.48. The van der Waals surface area contributed by atoms with Gasteiger partial charge in [0, 0.05) is 6.04 Å². The lowest BCUT2D eigenvalue weighted by atomic mass is 9.70. The van der Waals surface area contributed by atoms with Gasteiger partial charge in [0.05, 0.1) is 5.41 Å². The van der Waals surface area contributed by atoms with Crippen LogP contribution in [0.2, 0.25) is 0 Å². The van der Waals surface area contributed by atoms with Crippen LogP contribution in [0.25, 0.3) is 0 Å². The first-order chi connectivity index (χ1) is 11.6. The number of piperidine rings is 1. The van der Waals surface area contributed by atoms with Gasteiger partial charge in [-0.25, -0.2) is 0 Å². The van der Waals surface area contributed by atoms with E-state index in [2.05, 4.69) is 18.7 Å². The van der Waals surface area contributed by atoms with Crippen LogP contribution in [0.1, 0.15) is 78.1 Å². The zero-order chi connectivity index (χ0) is 16.7. The fourth-order valence-electron chi connectivity index (χ4n) is 5.21. The van der Waals surface area contributed by atoms with Gasteiger partial charge in [-0.05, 0) is 95.7 Å². The van der Waals surface area contributed by atoms with Crippen LogP contribution in [0.3, 0.4) is 0 Å². The standard InChI is InChI=1S/C21H33NO2/c1-3-11-22-12-5-7-16-13-17-15(14-18(16)22)6-4-8-19(17)24-20(23)21(2)9-10-21/h16,18-19H,3-14H2,1-2H3/t16-,18-,19-/m1/s1. The van der Waals surface area contributed by atoms with E-state index in [-0.39, 0.29) is 17.5 Å². The van der Waals surface area contributed by atoms with Gasteiger partial charge >= 0.3 is 5.97 Å². The molecule has 0 unspecified atom stereocenters. The first kappa shape index (κ1) is 16.6. The second-order valence-corrected chi connectivity index (χ2v) is 8.89. The molecule has 1 saturated heterocycles. The van der Waals surface area contributed by atoms with Crippen molar-refractivity contribution in [2.75, 3.05) is 13.1 Å². The van der Waals surface area contributed by atoms with Crippen LogP contribution >= 0.6 is 0 Å². The van der Waals surface area contributed by atoms with Crippen molar-refractivity contribution in [3.8, 4) is 0 Å². The highest BCUT2D eigenvalue weighted by Gasteiger charge is 2.48. The molecule has 0 spiro atoms. The maximum absolute atomic E-state index is 12.4. The Morgan fingerprint density at radius 3 is 2.83 bits per heavy atom. The fraction of sp³-hybridized carbons (Fsp3) is 0.857. The predicted octanol–water partition coefficient (Wildman–Crippen LogP) is 4.46. The van der Waals surface area contributed by atoms with Crippen LogP contribution in [0.15, 0.2) is 11.1 Å². The Kier molecular flexibility index (Phi) is 4.49. The van der Waals surface area contributed by atoms with E-state index < -0.39 is 0 Å². The third-order valence-electron chi connectivity index (χ3n) is 7.01. The molecule has 0 aromatic heterocycles. The number of rotatable bonds is 4. The molecule has 3 aliphatic carbocycles. The largest absolute Gasteiger partial charge is 0.457 e. The molecule has 1 aliphatic heterocycles. The van der Waals surface area contributed by atoms with Gasteiger partial charge in [-0.3, -0.25) is 9.69 Å². The first-order valence-corrected chi connectivity index (χ1v) is 10.3. The monoisotopic (exact) mass is 331 g/mol. The summed E-state index contributed by atoms with van der Waals surface area (Å²) >= 11 is 0. The summed E-state index contributed by atoms with van der Waals surface area (Å²) in [7, 11) is 0. The van der Waals surface area contributed by atoms with Crippen LogP contribution in [0.5, 0.6) is 0 Å². The molecular weight excluding hydrogens is 298 g/mol. The third kappa shape index (κ3) is 3.05. The van der Waals surface area contributed by atoms with Crippen LogP contribution in [0.4, 0.5) is 0 Å². The molecule has 3 nitrogen and oxygen atoms in total. The average Bonchev–Trinajstić information content (AvgIpc) is 3.33. The lowest BCUT2D eigenvalue weighted by molar-refractivity contribution is -0.154. The smallest absolute Gasteiger partial charge is 0.312 e. The van der Waals surface area contributed by atoms with Crippen LogP contribution in [-0.2, 0) is 9.53 Å². The van der Waals surface area contributed by atoms with Crippen molar-refractivity contribution >= 4 is 5.97 Å². The number of likely N-dealkylation sites (tertiary alicyclic amines) is 1. The SMILES string of the molecule is CCCN1CCC[C@@H]2CC3=C(CCC[C@H]3OC(=O)C3(C)CC3)C[C@H]21. The zero-order valence-corrected chi connectivity index (χ0v) is 15.5. The van der Waals surface area contributed by atoms with Gasteiger partial charge in [0.15, 0.2) is 0 Å².